The third-order valence-electron chi connectivity index (χ3n) is 5.54. The molecule has 27 heavy (non-hydrogen) atoms. The molecule has 2 aromatic carbocycles. The molecule has 0 aliphatic rings. The quantitative estimate of drug-likeness (QED) is 0.491. The van der Waals surface area contributed by atoms with Gasteiger partial charge in [0, 0.05) is 35.4 Å². The molecule has 3 heteroatoms. The van der Waals surface area contributed by atoms with Crippen molar-refractivity contribution in [2.45, 2.75) is 46.5 Å². The lowest BCUT2D eigenvalue weighted by Crippen LogP contribution is -2.21. The fourth-order valence-corrected chi connectivity index (χ4v) is 3.89. The van der Waals surface area contributed by atoms with E-state index in [1.165, 1.54) is 39.0 Å². The summed E-state index contributed by atoms with van der Waals surface area (Å²) in [5.74, 6) is 0. The average Bonchev–Trinajstić information content (AvgIpc) is 3.07. The Hall–Kier alpha value is -2.26. The van der Waals surface area contributed by atoms with Crippen molar-refractivity contribution in [2.75, 3.05) is 24.5 Å². The fourth-order valence-electron chi connectivity index (χ4n) is 3.89. The minimum absolute atomic E-state index is 0.760. The van der Waals surface area contributed by atoms with Crippen LogP contribution in [0.4, 0.5) is 5.69 Å². The summed E-state index contributed by atoms with van der Waals surface area (Å²) in [6.07, 6.45) is 4.33. The summed E-state index contributed by atoms with van der Waals surface area (Å²) in [5.41, 5.74) is 13.6. The summed E-state index contributed by atoms with van der Waals surface area (Å²) in [5, 5.41) is 1.37. The van der Waals surface area contributed by atoms with Crippen molar-refractivity contribution in [1.82, 2.24) is 4.98 Å². The predicted octanol–water partition coefficient (Wildman–Crippen LogP) is 5.52. The number of rotatable bonds is 9. The van der Waals surface area contributed by atoms with Gasteiger partial charge in [-0.25, -0.2) is 0 Å². The first-order chi connectivity index (χ1) is 13.2. The van der Waals surface area contributed by atoms with Gasteiger partial charge in [-0.1, -0.05) is 25.1 Å². The molecule has 0 atom stereocenters. The van der Waals surface area contributed by atoms with Crippen molar-refractivity contribution in [2.24, 2.45) is 5.73 Å². The first-order valence-electron chi connectivity index (χ1n) is 10.4. The molecule has 3 rings (SSSR count). The van der Waals surface area contributed by atoms with Crippen LogP contribution in [0.5, 0.6) is 0 Å². The van der Waals surface area contributed by atoms with Crippen LogP contribution in [0, 0.1) is 0 Å². The highest BCUT2D eigenvalue weighted by atomic mass is 15.1. The van der Waals surface area contributed by atoms with E-state index in [9.17, 15) is 0 Å². The Bertz CT molecular complexity index is 857. The molecule has 0 radical (unpaired) electrons. The van der Waals surface area contributed by atoms with Gasteiger partial charge < -0.3 is 15.6 Å². The number of nitrogens with zero attached hydrogens (tertiary/aromatic N) is 1. The number of fused-ring (bicyclic) bond motifs is 1. The van der Waals surface area contributed by atoms with Crippen LogP contribution < -0.4 is 10.6 Å². The van der Waals surface area contributed by atoms with E-state index in [1.807, 2.05) is 0 Å². The number of hydrogen-bond donors (Lipinski definition) is 2. The molecule has 144 valence electrons. The van der Waals surface area contributed by atoms with E-state index in [4.69, 9.17) is 5.73 Å². The summed E-state index contributed by atoms with van der Waals surface area (Å²) >= 11 is 0. The van der Waals surface area contributed by atoms with E-state index in [1.54, 1.807) is 0 Å². The van der Waals surface area contributed by atoms with Gasteiger partial charge in [0.2, 0.25) is 0 Å². The topological polar surface area (TPSA) is 45.0 Å². The number of H-pyrrole nitrogens is 1. The molecular weight excluding hydrogens is 330 g/mol. The second-order valence-corrected chi connectivity index (χ2v) is 7.18. The van der Waals surface area contributed by atoms with Crippen molar-refractivity contribution < 1.29 is 0 Å². The van der Waals surface area contributed by atoms with Gasteiger partial charge in [-0.3, -0.25) is 0 Å². The SMILES string of the molecule is CCc1ccc2[nH]c(-c3ccc(N(CC)CC)cc3)c(CCCCN)c2c1. The minimum Gasteiger partial charge on any atom is -0.372 e. The number of benzene rings is 2. The normalized spacial score (nSPS) is 11.3. The van der Waals surface area contributed by atoms with E-state index in [2.05, 4.69) is 73.1 Å². The molecular formula is C24H33N3. The zero-order valence-corrected chi connectivity index (χ0v) is 17.0. The lowest BCUT2D eigenvalue weighted by Gasteiger charge is -2.21. The first-order valence-corrected chi connectivity index (χ1v) is 10.4. The number of anilines is 1. The molecule has 0 bridgehead atoms. The van der Waals surface area contributed by atoms with Crippen molar-refractivity contribution >= 4 is 16.6 Å². The maximum absolute atomic E-state index is 5.73. The third-order valence-corrected chi connectivity index (χ3v) is 5.54. The Labute approximate surface area is 163 Å². The lowest BCUT2D eigenvalue weighted by molar-refractivity contribution is 0.748. The van der Waals surface area contributed by atoms with Gasteiger partial charge in [0.1, 0.15) is 0 Å². The fraction of sp³-hybridized carbons (Fsp3) is 0.417. The molecule has 0 saturated heterocycles. The predicted molar refractivity (Wildman–Crippen MR) is 119 cm³/mol. The highest BCUT2D eigenvalue weighted by molar-refractivity contribution is 5.91. The number of aromatic amines is 1. The van der Waals surface area contributed by atoms with Crippen LogP contribution in [0.3, 0.4) is 0 Å². The van der Waals surface area contributed by atoms with Crippen LogP contribution in [-0.4, -0.2) is 24.6 Å². The summed E-state index contributed by atoms with van der Waals surface area (Å²) in [6.45, 7) is 9.45. The Morgan fingerprint density at radius 1 is 0.926 bits per heavy atom. The van der Waals surface area contributed by atoms with E-state index < -0.39 is 0 Å². The maximum atomic E-state index is 5.73. The minimum atomic E-state index is 0.760. The van der Waals surface area contributed by atoms with Crippen LogP contribution in [-0.2, 0) is 12.8 Å². The number of unbranched alkanes of at least 4 members (excludes halogenated alkanes) is 1. The van der Waals surface area contributed by atoms with Crippen LogP contribution >= 0.6 is 0 Å². The Morgan fingerprint density at radius 3 is 2.30 bits per heavy atom. The second-order valence-electron chi connectivity index (χ2n) is 7.18. The van der Waals surface area contributed by atoms with Crippen LogP contribution in [0.1, 0.15) is 44.7 Å². The molecule has 3 nitrogen and oxygen atoms in total. The van der Waals surface area contributed by atoms with Gasteiger partial charge in [-0.05, 0) is 87.0 Å². The molecule has 3 aromatic rings. The Morgan fingerprint density at radius 2 is 1.67 bits per heavy atom. The van der Waals surface area contributed by atoms with E-state index >= 15 is 0 Å². The van der Waals surface area contributed by atoms with Gasteiger partial charge in [0.25, 0.3) is 0 Å². The summed E-state index contributed by atoms with van der Waals surface area (Å²) < 4.78 is 0. The molecule has 3 N–H and O–H groups in total. The average molecular weight is 364 g/mol. The highest BCUT2D eigenvalue weighted by Crippen LogP contribution is 2.33. The van der Waals surface area contributed by atoms with Crippen LogP contribution in [0.25, 0.3) is 22.2 Å². The standard InChI is InChI=1S/C24H33N3/c1-4-18-10-15-23-22(17-18)21(9-7-8-16-25)24(26-23)19-11-13-20(14-12-19)27(5-2)6-3/h10-15,17,26H,4-9,16,25H2,1-3H3. The van der Waals surface area contributed by atoms with Crippen molar-refractivity contribution in [3.05, 3.63) is 53.6 Å². The molecule has 0 saturated carbocycles. The molecule has 0 aliphatic heterocycles. The number of aryl methyl sites for hydroxylation is 2. The lowest BCUT2D eigenvalue weighted by atomic mass is 9.98. The number of nitrogens with two attached hydrogens (primary N) is 1. The number of nitrogens with one attached hydrogen (secondary N) is 1. The van der Waals surface area contributed by atoms with Gasteiger partial charge in [0.15, 0.2) is 0 Å². The van der Waals surface area contributed by atoms with E-state index in [-0.39, 0.29) is 0 Å². The number of aromatic nitrogens is 1. The largest absolute Gasteiger partial charge is 0.372 e. The zero-order valence-electron chi connectivity index (χ0n) is 17.0. The van der Waals surface area contributed by atoms with Crippen LogP contribution in [0.15, 0.2) is 42.5 Å². The second kappa shape index (κ2) is 9.09. The molecule has 0 unspecified atom stereocenters. The highest BCUT2D eigenvalue weighted by Gasteiger charge is 2.14. The van der Waals surface area contributed by atoms with Gasteiger partial charge >= 0.3 is 0 Å². The van der Waals surface area contributed by atoms with Gasteiger partial charge in [-0.15, -0.1) is 0 Å². The summed E-state index contributed by atoms with van der Waals surface area (Å²) in [7, 11) is 0. The molecule has 0 fully saturated rings. The van der Waals surface area contributed by atoms with Crippen molar-refractivity contribution in [3.8, 4) is 11.3 Å². The van der Waals surface area contributed by atoms with Crippen molar-refractivity contribution in [3.63, 3.8) is 0 Å². The van der Waals surface area contributed by atoms with Crippen molar-refractivity contribution in [1.29, 1.82) is 0 Å². The van der Waals surface area contributed by atoms with Gasteiger partial charge in [0.05, 0.1) is 0 Å². The van der Waals surface area contributed by atoms with Gasteiger partial charge in [-0.2, -0.15) is 0 Å². The number of hydrogen-bond acceptors (Lipinski definition) is 2. The zero-order chi connectivity index (χ0) is 19.2. The van der Waals surface area contributed by atoms with E-state index in [0.29, 0.717) is 0 Å². The molecule has 0 aliphatic carbocycles. The maximum Gasteiger partial charge on any atom is 0.0497 e. The summed E-state index contributed by atoms with van der Waals surface area (Å²) in [4.78, 5) is 6.07. The molecule has 0 spiro atoms. The van der Waals surface area contributed by atoms with Crippen LogP contribution in [0.2, 0.25) is 0 Å². The Balaban J connectivity index is 2.02. The molecule has 0 amide bonds. The van der Waals surface area contributed by atoms with E-state index in [0.717, 1.165) is 45.3 Å². The first kappa shape index (κ1) is 19.5. The smallest absolute Gasteiger partial charge is 0.0497 e. The Kier molecular flexibility index (Phi) is 6.57. The third kappa shape index (κ3) is 4.19. The molecule has 1 heterocycles. The molecule has 1 aromatic heterocycles. The monoisotopic (exact) mass is 363 g/mol. The summed E-state index contributed by atoms with van der Waals surface area (Å²) in [6, 6.07) is 15.8.